The monoisotopic (exact) mass is 447 g/mol. The minimum absolute atomic E-state index is 0.0497. The van der Waals surface area contributed by atoms with Crippen LogP contribution in [0.1, 0.15) is 42.0 Å². The van der Waals surface area contributed by atoms with Gasteiger partial charge in [0.05, 0.1) is 28.8 Å². The molecule has 0 bridgehead atoms. The molecule has 0 aliphatic heterocycles. The first-order valence-electron chi connectivity index (χ1n) is 9.49. The Labute approximate surface area is 180 Å². The Morgan fingerprint density at radius 3 is 2.41 bits per heavy atom. The van der Waals surface area contributed by atoms with Gasteiger partial charge in [-0.1, -0.05) is 12.1 Å². The highest BCUT2D eigenvalue weighted by Gasteiger charge is 2.32. The highest BCUT2D eigenvalue weighted by Crippen LogP contribution is 2.33. The lowest BCUT2D eigenvalue weighted by Gasteiger charge is -2.25. The molecule has 10 heteroatoms. The topological polar surface area (TPSA) is 102 Å². The van der Waals surface area contributed by atoms with E-state index in [4.69, 9.17) is 5.26 Å². The maximum atomic E-state index is 13.6. The zero-order valence-corrected chi connectivity index (χ0v) is 16.5. The molecule has 0 heterocycles. The van der Waals surface area contributed by atoms with Gasteiger partial charge in [0.15, 0.2) is 5.78 Å². The molecule has 32 heavy (non-hydrogen) atoms. The van der Waals surface area contributed by atoms with Crippen LogP contribution in [0.25, 0.3) is 0 Å². The smallest absolute Gasteiger partial charge is 0.416 e. The third kappa shape index (κ3) is 5.24. The predicted octanol–water partition coefficient (Wildman–Crippen LogP) is 5.14. The van der Waals surface area contributed by atoms with Crippen LogP contribution in [-0.4, -0.2) is 16.9 Å². The number of carbonyl (C=O) groups excluding carboxylic acids is 2. The van der Waals surface area contributed by atoms with Gasteiger partial charge in [0, 0.05) is 18.5 Å². The molecule has 6 nitrogen and oxygen atoms in total. The summed E-state index contributed by atoms with van der Waals surface area (Å²) in [6, 6.07) is 7.24. The Morgan fingerprint density at radius 1 is 1.12 bits per heavy atom. The summed E-state index contributed by atoms with van der Waals surface area (Å²) in [5.74, 6) is -1.80. The second kappa shape index (κ2) is 9.09. The standard InChI is InChI=1S/C22H17F4N3O3/c23-15-8-14(22(24,25)26)9-16(10-15)28-21(32)29-20(13-6-4-12(11-27)5-7-13)19-17(30)2-1-3-18(19)31/h4-10,20,30H,1-3H2,(H2,28,29,32). The summed E-state index contributed by atoms with van der Waals surface area (Å²) in [4.78, 5) is 25.0. The summed E-state index contributed by atoms with van der Waals surface area (Å²) in [7, 11) is 0. The van der Waals surface area contributed by atoms with E-state index < -0.39 is 41.1 Å². The van der Waals surface area contributed by atoms with Gasteiger partial charge in [-0.25, -0.2) is 9.18 Å². The van der Waals surface area contributed by atoms with Crippen LogP contribution in [0.3, 0.4) is 0 Å². The number of Topliss-reactive ketones (excluding diaryl/α,β-unsaturated/α-hetero) is 1. The van der Waals surface area contributed by atoms with Gasteiger partial charge in [-0.15, -0.1) is 0 Å². The van der Waals surface area contributed by atoms with Crippen LogP contribution in [-0.2, 0) is 11.0 Å². The van der Waals surface area contributed by atoms with Crippen molar-refractivity contribution in [3.8, 4) is 6.07 Å². The molecule has 1 atom stereocenters. The Balaban J connectivity index is 1.91. The zero-order chi connectivity index (χ0) is 23.5. The van der Waals surface area contributed by atoms with Crippen molar-refractivity contribution < 1.29 is 32.3 Å². The number of urea groups is 1. The quantitative estimate of drug-likeness (QED) is 0.565. The fraction of sp³-hybridized carbons (Fsp3) is 0.227. The van der Waals surface area contributed by atoms with Crippen LogP contribution in [0.4, 0.5) is 28.0 Å². The Kier molecular flexibility index (Phi) is 6.48. The molecule has 0 saturated heterocycles. The lowest BCUT2D eigenvalue weighted by molar-refractivity contribution is -0.137. The van der Waals surface area contributed by atoms with E-state index in [0.29, 0.717) is 35.7 Å². The molecule has 0 radical (unpaired) electrons. The fourth-order valence-corrected chi connectivity index (χ4v) is 3.37. The SMILES string of the molecule is N#Cc1ccc(C(NC(=O)Nc2cc(F)cc(C(F)(F)F)c2)C2=C(O)CCCC2=O)cc1. The number of aliphatic hydroxyl groups is 1. The summed E-state index contributed by atoms with van der Waals surface area (Å²) in [6.45, 7) is 0. The molecule has 0 aromatic heterocycles. The number of hydrogen-bond acceptors (Lipinski definition) is 4. The van der Waals surface area contributed by atoms with Crippen molar-refractivity contribution in [2.24, 2.45) is 0 Å². The molecular formula is C22H17F4N3O3. The molecule has 1 unspecified atom stereocenters. The van der Waals surface area contributed by atoms with Crippen LogP contribution >= 0.6 is 0 Å². The second-order valence-corrected chi connectivity index (χ2v) is 7.13. The fourth-order valence-electron chi connectivity index (χ4n) is 3.37. The number of nitrogens with zero attached hydrogens (tertiary/aromatic N) is 1. The average Bonchev–Trinajstić information content (AvgIpc) is 2.72. The van der Waals surface area contributed by atoms with Crippen molar-refractivity contribution in [1.82, 2.24) is 5.32 Å². The Morgan fingerprint density at radius 2 is 1.81 bits per heavy atom. The highest BCUT2D eigenvalue weighted by atomic mass is 19.4. The van der Waals surface area contributed by atoms with Crippen molar-refractivity contribution in [1.29, 1.82) is 5.26 Å². The molecule has 0 saturated carbocycles. The highest BCUT2D eigenvalue weighted by molar-refractivity contribution is 5.99. The lowest BCUT2D eigenvalue weighted by Crippen LogP contribution is -2.36. The predicted molar refractivity (Wildman–Crippen MR) is 106 cm³/mol. The number of nitrogens with one attached hydrogen (secondary N) is 2. The van der Waals surface area contributed by atoms with E-state index in [1.165, 1.54) is 24.3 Å². The van der Waals surface area contributed by atoms with Gasteiger partial charge >= 0.3 is 12.2 Å². The van der Waals surface area contributed by atoms with Crippen LogP contribution in [0.15, 0.2) is 53.8 Å². The number of rotatable bonds is 4. The zero-order valence-electron chi connectivity index (χ0n) is 16.5. The van der Waals surface area contributed by atoms with E-state index in [2.05, 4.69) is 10.6 Å². The minimum Gasteiger partial charge on any atom is -0.512 e. The van der Waals surface area contributed by atoms with Crippen molar-refractivity contribution in [2.45, 2.75) is 31.5 Å². The summed E-state index contributed by atoms with van der Waals surface area (Å²) in [5.41, 5.74) is -1.08. The average molecular weight is 447 g/mol. The number of nitriles is 1. The van der Waals surface area contributed by atoms with Crippen LogP contribution < -0.4 is 10.6 Å². The summed E-state index contributed by atoms with van der Waals surface area (Å²) >= 11 is 0. The number of anilines is 1. The van der Waals surface area contributed by atoms with E-state index >= 15 is 0 Å². The molecule has 2 aromatic rings. The molecule has 3 rings (SSSR count). The number of halogens is 4. The van der Waals surface area contributed by atoms with E-state index in [1.54, 1.807) is 0 Å². The minimum atomic E-state index is -4.81. The van der Waals surface area contributed by atoms with Crippen molar-refractivity contribution in [2.75, 3.05) is 5.32 Å². The third-order valence-corrected chi connectivity index (χ3v) is 4.85. The van der Waals surface area contributed by atoms with Crippen LogP contribution in [0, 0.1) is 17.1 Å². The molecule has 2 amide bonds. The number of aliphatic hydroxyl groups excluding tert-OH is 1. The summed E-state index contributed by atoms with van der Waals surface area (Å²) < 4.78 is 52.4. The van der Waals surface area contributed by atoms with E-state index in [0.717, 1.165) is 0 Å². The molecule has 1 aliphatic rings. The first kappa shape index (κ1) is 22.8. The van der Waals surface area contributed by atoms with Gasteiger partial charge in [0.2, 0.25) is 0 Å². The molecule has 0 fully saturated rings. The van der Waals surface area contributed by atoms with Gasteiger partial charge in [0.25, 0.3) is 0 Å². The number of benzene rings is 2. The van der Waals surface area contributed by atoms with Gasteiger partial charge in [0.1, 0.15) is 11.6 Å². The number of amides is 2. The normalized spacial score (nSPS) is 15.2. The second-order valence-electron chi connectivity index (χ2n) is 7.13. The maximum absolute atomic E-state index is 13.6. The molecular weight excluding hydrogens is 430 g/mol. The number of carbonyl (C=O) groups is 2. The number of alkyl halides is 3. The molecule has 3 N–H and O–H groups in total. The molecule has 1 aliphatic carbocycles. The number of hydrogen-bond donors (Lipinski definition) is 3. The number of ketones is 1. The maximum Gasteiger partial charge on any atom is 0.416 e. The molecule has 166 valence electrons. The summed E-state index contributed by atoms with van der Waals surface area (Å²) in [5, 5.41) is 23.8. The number of allylic oxidation sites excluding steroid dienone is 1. The van der Waals surface area contributed by atoms with Gasteiger partial charge in [-0.3, -0.25) is 4.79 Å². The molecule has 2 aromatic carbocycles. The van der Waals surface area contributed by atoms with Gasteiger partial charge < -0.3 is 15.7 Å². The largest absolute Gasteiger partial charge is 0.512 e. The third-order valence-electron chi connectivity index (χ3n) is 4.85. The van der Waals surface area contributed by atoms with Gasteiger partial charge in [-0.2, -0.15) is 18.4 Å². The van der Waals surface area contributed by atoms with E-state index in [9.17, 15) is 32.3 Å². The van der Waals surface area contributed by atoms with Crippen molar-refractivity contribution >= 4 is 17.5 Å². The first-order chi connectivity index (χ1) is 15.1. The van der Waals surface area contributed by atoms with Crippen LogP contribution in [0.5, 0.6) is 0 Å². The van der Waals surface area contributed by atoms with E-state index in [-0.39, 0.29) is 24.2 Å². The Hall–Kier alpha value is -3.87. The lowest BCUT2D eigenvalue weighted by atomic mass is 9.87. The van der Waals surface area contributed by atoms with Crippen molar-refractivity contribution in [3.63, 3.8) is 0 Å². The van der Waals surface area contributed by atoms with E-state index in [1.807, 2.05) is 6.07 Å². The summed E-state index contributed by atoms with van der Waals surface area (Å²) in [6.07, 6.45) is -4.01. The Bertz CT molecular complexity index is 1120. The molecule has 0 spiro atoms. The van der Waals surface area contributed by atoms with Crippen LogP contribution in [0.2, 0.25) is 0 Å². The first-order valence-corrected chi connectivity index (χ1v) is 9.49. The van der Waals surface area contributed by atoms with Crippen molar-refractivity contribution in [3.05, 3.63) is 76.3 Å². The van der Waals surface area contributed by atoms with Gasteiger partial charge in [-0.05, 0) is 42.3 Å².